The maximum absolute atomic E-state index is 10.9. The molecule has 1 rings (SSSR count). The van der Waals surface area contributed by atoms with E-state index in [4.69, 9.17) is 9.26 Å². The summed E-state index contributed by atoms with van der Waals surface area (Å²) in [4.78, 5) is 0. The van der Waals surface area contributed by atoms with E-state index in [9.17, 15) is 4.57 Å². The second-order valence-corrected chi connectivity index (χ2v) is 3.14. The number of para-hydroxylation sites is 2. The van der Waals surface area contributed by atoms with Crippen molar-refractivity contribution in [2.45, 2.75) is 0 Å². The molecule has 0 saturated heterocycles. The highest BCUT2D eigenvalue weighted by Crippen LogP contribution is 2.34. The van der Waals surface area contributed by atoms with Crippen molar-refractivity contribution in [1.29, 1.82) is 0 Å². The lowest BCUT2D eigenvalue weighted by molar-refractivity contribution is 0.336. The molecular weight excluding hydrogens is 191 g/mol. The first-order valence-corrected chi connectivity index (χ1v) is 4.70. The quantitative estimate of drug-likeness (QED) is 0.701. The molecule has 0 N–H and O–H groups in total. The van der Waals surface area contributed by atoms with E-state index in [-0.39, 0.29) is 0 Å². The zero-order chi connectivity index (χ0) is 9.68. The Bertz CT molecular complexity index is 300. The van der Waals surface area contributed by atoms with Crippen LogP contribution >= 0.6 is 8.25 Å². The monoisotopic (exact) mass is 201 g/mol. The van der Waals surface area contributed by atoms with Gasteiger partial charge in [-0.25, -0.2) is 4.52 Å². The van der Waals surface area contributed by atoms with Gasteiger partial charge in [0, 0.05) is 4.57 Å². The van der Waals surface area contributed by atoms with E-state index in [1.165, 1.54) is 14.2 Å². The van der Waals surface area contributed by atoms with Gasteiger partial charge in [-0.05, 0) is 12.1 Å². The standard InChI is InChI=1S/C8H10O4P/c1-10-7-5-3-4-6-8(7)12-13(9)11-2/h3-6H,1-2H3/q+1. The van der Waals surface area contributed by atoms with Gasteiger partial charge in [0.2, 0.25) is 5.75 Å². The van der Waals surface area contributed by atoms with E-state index in [1.807, 2.05) is 0 Å². The van der Waals surface area contributed by atoms with Gasteiger partial charge in [-0.1, -0.05) is 12.1 Å². The first kappa shape index (κ1) is 9.96. The second kappa shape index (κ2) is 4.80. The lowest BCUT2D eigenvalue weighted by atomic mass is 10.3. The molecule has 0 heterocycles. The van der Waals surface area contributed by atoms with Crippen LogP contribution in [0.2, 0.25) is 0 Å². The summed E-state index contributed by atoms with van der Waals surface area (Å²) in [6, 6.07) is 6.93. The van der Waals surface area contributed by atoms with Gasteiger partial charge in [-0.3, -0.25) is 0 Å². The van der Waals surface area contributed by atoms with Crippen LogP contribution in [0.1, 0.15) is 0 Å². The molecule has 0 saturated carbocycles. The fraction of sp³-hybridized carbons (Fsp3) is 0.250. The van der Waals surface area contributed by atoms with Gasteiger partial charge in [-0.2, -0.15) is 0 Å². The van der Waals surface area contributed by atoms with Crippen LogP contribution in [-0.4, -0.2) is 14.2 Å². The second-order valence-electron chi connectivity index (χ2n) is 2.15. The summed E-state index contributed by atoms with van der Waals surface area (Å²) in [6.45, 7) is 0. The number of benzene rings is 1. The SMILES string of the molecule is COc1ccccc1O[P+](=O)OC. The molecule has 70 valence electrons. The van der Waals surface area contributed by atoms with Gasteiger partial charge < -0.3 is 4.74 Å². The van der Waals surface area contributed by atoms with Crippen LogP contribution in [0.5, 0.6) is 11.5 Å². The lowest BCUT2D eigenvalue weighted by Gasteiger charge is -2.00. The number of hydrogen-bond acceptors (Lipinski definition) is 4. The van der Waals surface area contributed by atoms with Crippen LogP contribution in [0.3, 0.4) is 0 Å². The highest BCUT2D eigenvalue weighted by atomic mass is 31.1. The molecule has 0 radical (unpaired) electrons. The van der Waals surface area contributed by atoms with E-state index in [0.717, 1.165) is 0 Å². The molecule has 13 heavy (non-hydrogen) atoms. The molecule has 0 bridgehead atoms. The van der Waals surface area contributed by atoms with Gasteiger partial charge in [-0.15, -0.1) is 4.52 Å². The van der Waals surface area contributed by atoms with Crippen LogP contribution in [0, 0.1) is 0 Å². The molecule has 0 fully saturated rings. The average molecular weight is 201 g/mol. The summed E-state index contributed by atoms with van der Waals surface area (Å²) >= 11 is 0. The van der Waals surface area contributed by atoms with E-state index >= 15 is 0 Å². The average Bonchev–Trinajstić information content (AvgIpc) is 2.18. The van der Waals surface area contributed by atoms with Crippen LogP contribution in [0.4, 0.5) is 0 Å². The fourth-order valence-electron chi connectivity index (χ4n) is 0.812. The Labute approximate surface area is 77.4 Å². The molecular formula is C8H10O4P+. The topological polar surface area (TPSA) is 44.8 Å². The highest BCUT2D eigenvalue weighted by molar-refractivity contribution is 7.33. The third-order valence-corrected chi connectivity index (χ3v) is 2.03. The zero-order valence-electron chi connectivity index (χ0n) is 7.39. The Kier molecular flexibility index (Phi) is 3.68. The first-order chi connectivity index (χ1) is 6.27. The summed E-state index contributed by atoms with van der Waals surface area (Å²) in [6.07, 6.45) is 0. The molecule has 0 spiro atoms. The van der Waals surface area contributed by atoms with Crippen molar-refractivity contribution in [3.05, 3.63) is 24.3 Å². The molecule has 0 aliphatic heterocycles. The summed E-state index contributed by atoms with van der Waals surface area (Å²) < 4.78 is 25.3. The van der Waals surface area contributed by atoms with Crippen molar-refractivity contribution < 1.29 is 18.3 Å². The predicted octanol–water partition coefficient (Wildman–Crippen LogP) is 2.38. The van der Waals surface area contributed by atoms with Crippen LogP contribution < -0.4 is 9.26 Å². The Hall–Kier alpha value is -1.12. The van der Waals surface area contributed by atoms with Crippen molar-refractivity contribution in [2.24, 2.45) is 0 Å². The van der Waals surface area contributed by atoms with Crippen LogP contribution in [0.15, 0.2) is 24.3 Å². The van der Waals surface area contributed by atoms with Crippen molar-refractivity contribution >= 4 is 8.25 Å². The summed E-state index contributed by atoms with van der Waals surface area (Å²) in [5.74, 6) is 0.941. The molecule has 1 unspecified atom stereocenters. The van der Waals surface area contributed by atoms with E-state index in [0.29, 0.717) is 11.5 Å². The Morgan fingerprint density at radius 1 is 1.15 bits per heavy atom. The Morgan fingerprint density at radius 2 is 1.77 bits per heavy atom. The minimum absolute atomic E-state index is 0.410. The molecule has 0 amide bonds. The highest BCUT2D eigenvalue weighted by Gasteiger charge is 2.21. The maximum Gasteiger partial charge on any atom is 0.749 e. The number of rotatable bonds is 4. The van der Waals surface area contributed by atoms with Crippen molar-refractivity contribution in [1.82, 2.24) is 0 Å². The number of ether oxygens (including phenoxy) is 1. The van der Waals surface area contributed by atoms with Gasteiger partial charge in [0.25, 0.3) is 0 Å². The number of methoxy groups -OCH3 is 1. The van der Waals surface area contributed by atoms with Gasteiger partial charge in [0.05, 0.1) is 14.2 Å². The summed E-state index contributed by atoms with van der Waals surface area (Å²) in [7, 11) is 0.723. The molecule has 0 aliphatic rings. The molecule has 0 aliphatic carbocycles. The summed E-state index contributed by atoms with van der Waals surface area (Å²) in [5, 5.41) is 0. The molecule has 1 aromatic carbocycles. The number of hydrogen-bond donors (Lipinski definition) is 0. The molecule has 5 heteroatoms. The maximum atomic E-state index is 10.9. The summed E-state index contributed by atoms with van der Waals surface area (Å²) in [5.41, 5.74) is 0. The molecule has 1 aromatic rings. The largest absolute Gasteiger partial charge is 0.749 e. The molecule has 4 nitrogen and oxygen atoms in total. The van der Waals surface area contributed by atoms with Crippen molar-refractivity contribution in [3.8, 4) is 11.5 Å². The minimum Gasteiger partial charge on any atom is -0.493 e. The van der Waals surface area contributed by atoms with Crippen molar-refractivity contribution in [3.63, 3.8) is 0 Å². The third kappa shape index (κ3) is 2.68. The smallest absolute Gasteiger partial charge is 0.493 e. The van der Waals surface area contributed by atoms with E-state index < -0.39 is 8.25 Å². The van der Waals surface area contributed by atoms with Crippen LogP contribution in [-0.2, 0) is 9.09 Å². The van der Waals surface area contributed by atoms with Crippen molar-refractivity contribution in [2.75, 3.05) is 14.2 Å². The molecule has 1 atom stereocenters. The minimum atomic E-state index is -2.11. The Balaban J connectivity index is 2.81. The van der Waals surface area contributed by atoms with E-state index in [2.05, 4.69) is 4.52 Å². The van der Waals surface area contributed by atoms with Gasteiger partial charge in [0.1, 0.15) is 0 Å². The van der Waals surface area contributed by atoms with Gasteiger partial charge >= 0.3 is 8.25 Å². The third-order valence-electron chi connectivity index (χ3n) is 1.39. The lowest BCUT2D eigenvalue weighted by Crippen LogP contribution is -1.88. The fourth-order valence-corrected chi connectivity index (χ4v) is 1.20. The van der Waals surface area contributed by atoms with E-state index in [1.54, 1.807) is 24.3 Å². The Morgan fingerprint density at radius 3 is 2.31 bits per heavy atom. The van der Waals surface area contributed by atoms with Crippen LogP contribution in [0.25, 0.3) is 0 Å². The predicted molar refractivity (Wildman–Crippen MR) is 48.2 cm³/mol. The van der Waals surface area contributed by atoms with Gasteiger partial charge in [0.15, 0.2) is 5.75 Å². The normalized spacial score (nSPS) is 10.8. The molecule has 0 aromatic heterocycles. The zero-order valence-corrected chi connectivity index (χ0v) is 8.28. The first-order valence-electron chi connectivity index (χ1n) is 3.60.